The summed E-state index contributed by atoms with van der Waals surface area (Å²) >= 11 is 0. The Morgan fingerprint density at radius 3 is 2.88 bits per heavy atom. The van der Waals surface area contributed by atoms with E-state index >= 15 is 0 Å². The van der Waals surface area contributed by atoms with Crippen molar-refractivity contribution in [2.24, 2.45) is 5.92 Å². The largest absolute Gasteiger partial charge is 0.453 e. The fourth-order valence-electron chi connectivity index (χ4n) is 1.79. The summed E-state index contributed by atoms with van der Waals surface area (Å²) in [6, 6.07) is 9.44. The van der Waals surface area contributed by atoms with Gasteiger partial charge in [0.2, 0.25) is 5.78 Å². The molecule has 2 aromatic rings. The molecule has 0 aliphatic rings. The van der Waals surface area contributed by atoms with Gasteiger partial charge in [-0.2, -0.15) is 5.26 Å². The van der Waals surface area contributed by atoms with Gasteiger partial charge in [-0.3, -0.25) is 4.79 Å². The lowest BCUT2D eigenvalue weighted by Crippen LogP contribution is -2.10. The van der Waals surface area contributed by atoms with E-state index in [4.69, 9.17) is 9.68 Å². The number of carbonyl (C=O) groups excluding carboxylic acids is 1. The normalized spacial score (nSPS) is 12.3. The number of rotatable bonds is 3. The van der Waals surface area contributed by atoms with Gasteiger partial charge in [-0.15, -0.1) is 0 Å². The highest BCUT2D eigenvalue weighted by Crippen LogP contribution is 2.23. The van der Waals surface area contributed by atoms with Gasteiger partial charge in [0.1, 0.15) is 11.5 Å². The summed E-state index contributed by atoms with van der Waals surface area (Å²) in [5.74, 6) is -0.570. The molecule has 0 saturated carbocycles. The fraction of sp³-hybridized carbons (Fsp3) is 0.286. The molecule has 0 spiro atoms. The molecule has 3 nitrogen and oxygen atoms in total. The average molecular weight is 227 g/mol. The van der Waals surface area contributed by atoms with Crippen LogP contribution in [0, 0.1) is 24.2 Å². The molecule has 2 rings (SSSR count). The third kappa shape index (κ3) is 2.07. The zero-order chi connectivity index (χ0) is 12.4. The number of ketones is 1. The van der Waals surface area contributed by atoms with Crippen LogP contribution in [0.2, 0.25) is 0 Å². The van der Waals surface area contributed by atoms with E-state index in [1.807, 2.05) is 38.1 Å². The molecular weight excluding hydrogens is 214 g/mol. The van der Waals surface area contributed by atoms with E-state index in [2.05, 4.69) is 0 Å². The second-order valence-electron chi connectivity index (χ2n) is 4.11. The zero-order valence-electron chi connectivity index (χ0n) is 9.86. The predicted octanol–water partition coefficient (Wildman–Crippen LogP) is 3.47. The lowest BCUT2D eigenvalue weighted by Gasteiger charge is -2.00. The maximum Gasteiger partial charge on any atom is 0.215 e. The standard InChI is InChI=1S/C14H13NO2/c1-3-10(8-15)14(16)13-7-11-6-9(2)4-5-12(11)17-13/h4-7,10H,3H2,1-2H3. The smallest absolute Gasteiger partial charge is 0.215 e. The van der Waals surface area contributed by atoms with Crippen LogP contribution in [0.25, 0.3) is 11.0 Å². The highest BCUT2D eigenvalue weighted by molar-refractivity contribution is 6.00. The molecule has 0 radical (unpaired) electrons. The second-order valence-corrected chi connectivity index (χ2v) is 4.11. The molecule has 0 aliphatic carbocycles. The summed E-state index contributed by atoms with van der Waals surface area (Å²) < 4.78 is 5.47. The molecule has 1 unspecified atom stereocenters. The Labute approximate surface area is 99.7 Å². The molecule has 1 aromatic heterocycles. The van der Waals surface area contributed by atoms with Crippen LogP contribution in [0.15, 0.2) is 28.7 Å². The molecule has 1 aromatic carbocycles. The highest BCUT2D eigenvalue weighted by Gasteiger charge is 2.21. The van der Waals surface area contributed by atoms with Crippen molar-refractivity contribution in [2.75, 3.05) is 0 Å². The summed E-state index contributed by atoms with van der Waals surface area (Å²) in [5.41, 5.74) is 1.80. The number of furan rings is 1. The Morgan fingerprint density at radius 2 is 2.24 bits per heavy atom. The van der Waals surface area contributed by atoms with E-state index in [1.54, 1.807) is 6.07 Å². The maximum absolute atomic E-state index is 11.9. The van der Waals surface area contributed by atoms with Gasteiger partial charge in [0.15, 0.2) is 5.76 Å². The minimum absolute atomic E-state index is 0.233. The van der Waals surface area contributed by atoms with Gasteiger partial charge in [0.25, 0.3) is 0 Å². The van der Waals surface area contributed by atoms with Crippen LogP contribution in [0.4, 0.5) is 0 Å². The molecule has 0 aliphatic heterocycles. The first-order valence-electron chi connectivity index (χ1n) is 5.59. The van der Waals surface area contributed by atoms with Gasteiger partial charge in [0.05, 0.1) is 6.07 Å². The topological polar surface area (TPSA) is 54.0 Å². The summed E-state index contributed by atoms with van der Waals surface area (Å²) in [6.07, 6.45) is 0.505. The monoisotopic (exact) mass is 227 g/mol. The van der Waals surface area contributed by atoms with Crippen molar-refractivity contribution >= 4 is 16.8 Å². The molecule has 0 N–H and O–H groups in total. The van der Waals surface area contributed by atoms with Crippen LogP contribution >= 0.6 is 0 Å². The summed E-state index contributed by atoms with van der Waals surface area (Å²) in [5, 5.41) is 9.77. The van der Waals surface area contributed by atoms with E-state index in [0.29, 0.717) is 12.0 Å². The van der Waals surface area contributed by atoms with Crippen molar-refractivity contribution < 1.29 is 9.21 Å². The number of nitrogens with zero attached hydrogens (tertiary/aromatic N) is 1. The van der Waals surface area contributed by atoms with E-state index in [1.165, 1.54) is 0 Å². The van der Waals surface area contributed by atoms with Crippen molar-refractivity contribution in [3.8, 4) is 6.07 Å². The molecule has 1 heterocycles. The number of fused-ring (bicyclic) bond motifs is 1. The Morgan fingerprint density at radius 1 is 1.47 bits per heavy atom. The van der Waals surface area contributed by atoms with Crippen molar-refractivity contribution in [1.29, 1.82) is 5.26 Å². The Balaban J connectivity index is 2.43. The van der Waals surface area contributed by atoms with Crippen molar-refractivity contribution in [3.63, 3.8) is 0 Å². The summed E-state index contributed by atoms with van der Waals surface area (Å²) in [7, 11) is 0. The average Bonchev–Trinajstić information content (AvgIpc) is 2.73. The summed E-state index contributed by atoms with van der Waals surface area (Å²) in [6.45, 7) is 3.80. The van der Waals surface area contributed by atoms with E-state index < -0.39 is 5.92 Å². The molecule has 0 bridgehead atoms. The van der Waals surface area contributed by atoms with Gasteiger partial charge in [-0.25, -0.2) is 0 Å². The van der Waals surface area contributed by atoms with E-state index in [0.717, 1.165) is 10.9 Å². The van der Waals surface area contributed by atoms with Crippen LogP contribution in [0.1, 0.15) is 29.5 Å². The number of hydrogen-bond acceptors (Lipinski definition) is 3. The van der Waals surface area contributed by atoms with Crippen molar-refractivity contribution in [2.45, 2.75) is 20.3 Å². The number of hydrogen-bond donors (Lipinski definition) is 0. The number of carbonyl (C=O) groups is 1. The Hall–Kier alpha value is -2.08. The van der Waals surface area contributed by atoms with Crippen LogP contribution in [0.5, 0.6) is 0 Å². The van der Waals surface area contributed by atoms with E-state index in [9.17, 15) is 4.79 Å². The van der Waals surface area contributed by atoms with Crippen LogP contribution < -0.4 is 0 Å². The third-order valence-electron chi connectivity index (χ3n) is 2.80. The molecule has 3 heteroatoms. The molecule has 17 heavy (non-hydrogen) atoms. The van der Waals surface area contributed by atoms with Gasteiger partial charge >= 0.3 is 0 Å². The fourth-order valence-corrected chi connectivity index (χ4v) is 1.79. The van der Waals surface area contributed by atoms with E-state index in [-0.39, 0.29) is 11.5 Å². The first kappa shape index (κ1) is 11.4. The predicted molar refractivity (Wildman–Crippen MR) is 64.7 cm³/mol. The summed E-state index contributed by atoms with van der Waals surface area (Å²) in [4.78, 5) is 11.9. The quantitative estimate of drug-likeness (QED) is 0.754. The van der Waals surface area contributed by atoms with Crippen LogP contribution in [0.3, 0.4) is 0 Å². The third-order valence-corrected chi connectivity index (χ3v) is 2.80. The first-order valence-corrected chi connectivity index (χ1v) is 5.59. The molecular formula is C14H13NO2. The van der Waals surface area contributed by atoms with Crippen LogP contribution in [-0.2, 0) is 0 Å². The maximum atomic E-state index is 11.9. The van der Waals surface area contributed by atoms with Gasteiger partial charge in [-0.05, 0) is 31.5 Å². The first-order chi connectivity index (χ1) is 8.15. The lowest BCUT2D eigenvalue weighted by molar-refractivity contribution is 0.0921. The minimum Gasteiger partial charge on any atom is -0.453 e. The molecule has 86 valence electrons. The molecule has 0 saturated heterocycles. The second kappa shape index (κ2) is 4.42. The zero-order valence-corrected chi connectivity index (χ0v) is 9.86. The van der Waals surface area contributed by atoms with Gasteiger partial charge < -0.3 is 4.42 Å². The van der Waals surface area contributed by atoms with Crippen molar-refractivity contribution in [1.82, 2.24) is 0 Å². The molecule has 0 fully saturated rings. The lowest BCUT2D eigenvalue weighted by atomic mass is 10.0. The van der Waals surface area contributed by atoms with Gasteiger partial charge in [0, 0.05) is 5.39 Å². The van der Waals surface area contributed by atoms with Gasteiger partial charge in [-0.1, -0.05) is 18.6 Å². The van der Waals surface area contributed by atoms with Crippen LogP contribution in [-0.4, -0.2) is 5.78 Å². The Kier molecular flexibility index (Phi) is 2.97. The number of nitriles is 1. The molecule has 1 atom stereocenters. The SMILES string of the molecule is CCC(C#N)C(=O)c1cc2cc(C)ccc2o1. The number of aryl methyl sites for hydroxylation is 1. The Bertz CT molecular complexity index is 604. The minimum atomic E-state index is -0.614. The number of benzene rings is 1. The molecule has 0 amide bonds. The highest BCUT2D eigenvalue weighted by atomic mass is 16.3. The number of Topliss-reactive ketones (excluding diaryl/α,β-unsaturated/α-hetero) is 1. The van der Waals surface area contributed by atoms with Crippen molar-refractivity contribution in [3.05, 3.63) is 35.6 Å².